The average Bonchev–Trinajstić information content (AvgIpc) is 2.93. The summed E-state index contributed by atoms with van der Waals surface area (Å²) in [5.74, 6) is 0. The van der Waals surface area contributed by atoms with Crippen molar-refractivity contribution in [1.82, 2.24) is 9.29 Å². The lowest BCUT2D eigenvalue weighted by atomic mass is 10.3. The van der Waals surface area contributed by atoms with Gasteiger partial charge in [-0.2, -0.15) is 0 Å². The Morgan fingerprint density at radius 3 is 2.62 bits per heavy atom. The molecule has 0 saturated heterocycles. The van der Waals surface area contributed by atoms with Gasteiger partial charge in [0.1, 0.15) is 9.90 Å². The molecular formula is C14H19N3O2S2. The van der Waals surface area contributed by atoms with Crippen molar-refractivity contribution in [2.24, 2.45) is 0 Å². The topological polar surface area (TPSA) is 62.3 Å². The first-order valence-electron chi connectivity index (χ1n) is 6.64. The number of anilines is 1. The molecule has 1 heterocycles. The number of hydrogen-bond acceptors (Lipinski definition) is 5. The number of sulfonamides is 1. The highest BCUT2D eigenvalue weighted by Crippen LogP contribution is 2.24. The number of hydrogen-bond donors (Lipinski definition) is 1. The molecule has 1 aromatic carbocycles. The van der Waals surface area contributed by atoms with Gasteiger partial charge in [0, 0.05) is 25.2 Å². The zero-order chi connectivity index (χ0) is 15.5. The van der Waals surface area contributed by atoms with Gasteiger partial charge in [-0.05, 0) is 18.6 Å². The molecule has 7 heteroatoms. The molecule has 0 spiro atoms. The highest BCUT2D eigenvalue weighted by atomic mass is 32.2. The van der Waals surface area contributed by atoms with Gasteiger partial charge in [-0.15, -0.1) is 11.3 Å². The molecule has 0 atom stereocenters. The lowest BCUT2D eigenvalue weighted by Crippen LogP contribution is -2.23. The van der Waals surface area contributed by atoms with E-state index in [1.807, 2.05) is 12.3 Å². The van der Waals surface area contributed by atoms with E-state index in [4.69, 9.17) is 0 Å². The summed E-state index contributed by atoms with van der Waals surface area (Å²) in [6.07, 6.45) is 2.83. The highest BCUT2D eigenvalue weighted by molar-refractivity contribution is 7.89. The van der Waals surface area contributed by atoms with Crippen LogP contribution >= 0.6 is 11.3 Å². The second kappa shape index (κ2) is 6.55. The third kappa shape index (κ3) is 3.61. The number of nitrogens with zero attached hydrogens (tertiary/aromatic N) is 2. The molecule has 0 bridgehead atoms. The quantitative estimate of drug-likeness (QED) is 0.886. The van der Waals surface area contributed by atoms with E-state index in [9.17, 15) is 8.42 Å². The maximum Gasteiger partial charge on any atom is 0.244 e. The van der Waals surface area contributed by atoms with Crippen LogP contribution in [0, 0.1) is 0 Å². The van der Waals surface area contributed by atoms with Crippen molar-refractivity contribution < 1.29 is 8.42 Å². The minimum absolute atomic E-state index is 0.280. The Bertz CT molecular complexity index is 709. The fourth-order valence-corrected chi connectivity index (χ4v) is 3.66. The standard InChI is InChI=1S/C14H19N3O2S2/c1-4-11-9-16-14(20-11)10-15-12-7-5-6-8-13(12)21(18,19)17(2)3/h5-9,15H,4,10H2,1-3H3. The fourth-order valence-electron chi connectivity index (χ4n) is 1.80. The number of para-hydroxylation sites is 1. The van der Waals surface area contributed by atoms with Crippen LogP contribution in [0.5, 0.6) is 0 Å². The molecule has 1 aromatic heterocycles. The summed E-state index contributed by atoms with van der Waals surface area (Å²) in [4.78, 5) is 5.83. The molecule has 0 aliphatic rings. The molecule has 2 rings (SSSR count). The first-order chi connectivity index (χ1) is 9.95. The average molecular weight is 325 g/mol. The van der Waals surface area contributed by atoms with E-state index in [1.54, 1.807) is 29.5 Å². The van der Waals surface area contributed by atoms with Crippen LogP contribution in [0.3, 0.4) is 0 Å². The second-order valence-electron chi connectivity index (χ2n) is 4.71. The smallest absolute Gasteiger partial charge is 0.244 e. The van der Waals surface area contributed by atoms with Crippen LogP contribution in [0.25, 0.3) is 0 Å². The van der Waals surface area contributed by atoms with Gasteiger partial charge in [0.2, 0.25) is 10.0 Å². The molecule has 5 nitrogen and oxygen atoms in total. The van der Waals surface area contributed by atoms with Gasteiger partial charge < -0.3 is 5.32 Å². The summed E-state index contributed by atoms with van der Waals surface area (Å²) < 4.78 is 25.8. The molecule has 0 radical (unpaired) electrons. The normalized spacial score (nSPS) is 11.8. The molecule has 0 fully saturated rings. The van der Waals surface area contributed by atoms with Crippen molar-refractivity contribution in [2.45, 2.75) is 24.8 Å². The zero-order valence-corrected chi connectivity index (χ0v) is 14.0. The van der Waals surface area contributed by atoms with Crippen molar-refractivity contribution in [3.63, 3.8) is 0 Å². The van der Waals surface area contributed by atoms with Crippen LogP contribution < -0.4 is 5.32 Å². The predicted octanol–water partition coefficient (Wildman–Crippen LogP) is 2.57. The Kier molecular flexibility index (Phi) is 4.97. The Labute approximate surface area is 129 Å². The van der Waals surface area contributed by atoms with Crippen molar-refractivity contribution >= 4 is 27.0 Å². The van der Waals surface area contributed by atoms with Gasteiger partial charge in [-0.25, -0.2) is 17.7 Å². The lowest BCUT2D eigenvalue weighted by Gasteiger charge is -2.15. The third-order valence-corrected chi connectivity index (χ3v) is 6.04. The number of thiazole rings is 1. The van der Waals surface area contributed by atoms with Gasteiger partial charge in [-0.3, -0.25) is 0 Å². The van der Waals surface area contributed by atoms with Crippen molar-refractivity contribution in [1.29, 1.82) is 0 Å². The fraction of sp³-hybridized carbons (Fsp3) is 0.357. The second-order valence-corrected chi connectivity index (χ2v) is 8.03. The Hall–Kier alpha value is -1.44. The van der Waals surface area contributed by atoms with Gasteiger partial charge in [-0.1, -0.05) is 19.1 Å². The Morgan fingerprint density at radius 2 is 2.00 bits per heavy atom. The SMILES string of the molecule is CCc1cnc(CNc2ccccc2S(=O)(=O)N(C)C)s1. The summed E-state index contributed by atoms with van der Waals surface area (Å²) in [5, 5.41) is 4.12. The minimum atomic E-state index is -3.46. The van der Waals surface area contributed by atoms with Crippen LogP contribution in [-0.2, 0) is 23.0 Å². The van der Waals surface area contributed by atoms with Crippen molar-refractivity contribution in [3.8, 4) is 0 Å². The van der Waals surface area contributed by atoms with E-state index in [2.05, 4.69) is 17.2 Å². The summed E-state index contributed by atoms with van der Waals surface area (Å²) in [6.45, 7) is 2.61. The number of aryl methyl sites for hydroxylation is 1. The van der Waals surface area contributed by atoms with Crippen LogP contribution in [0.1, 0.15) is 16.8 Å². The minimum Gasteiger partial charge on any atom is -0.377 e. The van der Waals surface area contributed by atoms with E-state index in [1.165, 1.54) is 23.3 Å². The molecule has 0 aliphatic carbocycles. The summed E-state index contributed by atoms with van der Waals surface area (Å²) in [7, 11) is -0.401. The van der Waals surface area contributed by atoms with Crippen molar-refractivity contribution in [2.75, 3.05) is 19.4 Å². The molecule has 114 valence electrons. The van der Waals surface area contributed by atoms with E-state index < -0.39 is 10.0 Å². The first-order valence-corrected chi connectivity index (χ1v) is 8.89. The van der Waals surface area contributed by atoms with Gasteiger partial charge >= 0.3 is 0 Å². The summed E-state index contributed by atoms with van der Waals surface area (Å²) >= 11 is 1.64. The van der Waals surface area contributed by atoms with Crippen molar-refractivity contribution in [3.05, 3.63) is 40.3 Å². The van der Waals surface area contributed by atoms with Crippen LogP contribution in [0.2, 0.25) is 0 Å². The van der Waals surface area contributed by atoms with Gasteiger partial charge in [0.05, 0.1) is 12.2 Å². The monoisotopic (exact) mass is 325 g/mol. The third-order valence-electron chi connectivity index (χ3n) is 3.03. The lowest BCUT2D eigenvalue weighted by molar-refractivity contribution is 0.521. The predicted molar refractivity (Wildman–Crippen MR) is 86.1 cm³/mol. The van der Waals surface area contributed by atoms with Gasteiger partial charge in [0.15, 0.2) is 0 Å². The molecule has 0 unspecified atom stereocenters. The maximum absolute atomic E-state index is 12.3. The van der Waals surface area contributed by atoms with Crippen LogP contribution in [0.4, 0.5) is 5.69 Å². The molecule has 21 heavy (non-hydrogen) atoms. The van der Waals surface area contributed by atoms with Crippen LogP contribution in [0.15, 0.2) is 35.4 Å². The number of nitrogens with one attached hydrogen (secondary N) is 1. The number of rotatable bonds is 6. The number of aromatic nitrogens is 1. The molecule has 0 saturated carbocycles. The maximum atomic E-state index is 12.3. The summed E-state index contributed by atoms with van der Waals surface area (Å²) in [5.41, 5.74) is 0.597. The summed E-state index contributed by atoms with van der Waals surface area (Å²) in [6, 6.07) is 6.91. The molecular weight excluding hydrogens is 306 g/mol. The molecule has 1 N–H and O–H groups in total. The van der Waals surface area contributed by atoms with E-state index in [0.29, 0.717) is 12.2 Å². The molecule has 2 aromatic rings. The molecule has 0 amide bonds. The van der Waals surface area contributed by atoms with E-state index in [0.717, 1.165) is 11.4 Å². The highest BCUT2D eigenvalue weighted by Gasteiger charge is 2.20. The Morgan fingerprint density at radius 1 is 1.29 bits per heavy atom. The first kappa shape index (κ1) is 15.9. The van der Waals surface area contributed by atoms with E-state index in [-0.39, 0.29) is 4.90 Å². The number of benzene rings is 1. The van der Waals surface area contributed by atoms with Gasteiger partial charge in [0.25, 0.3) is 0 Å². The largest absolute Gasteiger partial charge is 0.377 e. The Balaban J connectivity index is 2.21. The zero-order valence-electron chi connectivity index (χ0n) is 12.3. The van der Waals surface area contributed by atoms with E-state index >= 15 is 0 Å². The van der Waals surface area contributed by atoms with Crippen LogP contribution in [-0.4, -0.2) is 31.8 Å². The molecule has 0 aliphatic heterocycles.